The van der Waals surface area contributed by atoms with Gasteiger partial charge in [0.15, 0.2) is 0 Å². The van der Waals surface area contributed by atoms with Gasteiger partial charge in [-0.1, -0.05) is 0 Å². The van der Waals surface area contributed by atoms with Gasteiger partial charge < -0.3 is 10.4 Å². The summed E-state index contributed by atoms with van der Waals surface area (Å²) in [5, 5.41) is 9.64. The van der Waals surface area contributed by atoms with Crippen LogP contribution in [0.15, 0.2) is 0 Å². The van der Waals surface area contributed by atoms with Crippen LogP contribution in [0.25, 0.3) is 0 Å². The predicted molar refractivity (Wildman–Crippen MR) is 53.7 cm³/mol. The number of hydrogen-bond acceptors (Lipinski definition) is 3. The topological polar surface area (TPSA) is 69.6 Å². The molecule has 0 aromatic heterocycles. The summed E-state index contributed by atoms with van der Waals surface area (Å²) in [5.74, 6) is -2.85. The lowest BCUT2D eigenvalue weighted by Crippen LogP contribution is -2.39. The number of likely N-dealkylation sites (tertiary alicyclic amines) is 1. The molecule has 0 unspecified atom stereocenters. The zero-order chi connectivity index (χ0) is 14.5. The van der Waals surface area contributed by atoms with E-state index in [1.54, 1.807) is 19.0 Å². The maximum atomic E-state index is 12.7. The summed E-state index contributed by atoms with van der Waals surface area (Å²) in [4.78, 5) is 21.7. The molecule has 1 heterocycles. The molecule has 0 saturated carbocycles. The molecule has 0 spiro atoms. The fourth-order valence-corrected chi connectivity index (χ4v) is 1.41. The first-order valence-electron chi connectivity index (χ1n) is 4.95. The summed E-state index contributed by atoms with van der Waals surface area (Å²) in [6.07, 6.45) is -5.60. The molecule has 1 saturated heterocycles. The number of carbonyl (C=O) groups is 2. The molecular formula is C9H14F4N2O3. The number of amides is 1. The van der Waals surface area contributed by atoms with Crippen molar-refractivity contribution in [2.45, 2.75) is 24.8 Å². The molecule has 2 N–H and O–H groups in total. The van der Waals surface area contributed by atoms with Crippen molar-refractivity contribution in [1.82, 2.24) is 10.2 Å². The Morgan fingerprint density at radius 1 is 1.39 bits per heavy atom. The fraction of sp³-hybridized carbons (Fsp3) is 0.778. The summed E-state index contributed by atoms with van der Waals surface area (Å²) in [7, 11) is 3.33. The van der Waals surface area contributed by atoms with E-state index in [2.05, 4.69) is 5.32 Å². The van der Waals surface area contributed by atoms with Gasteiger partial charge in [0, 0.05) is 20.0 Å². The number of nitrogens with one attached hydrogen (secondary N) is 1. The van der Waals surface area contributed by atoms with Gasteiger partial charge in [-0.2, -0.15) is 13.2 Å². The van der Waals surface area contributed by atoms with Crippen LogP contribution >= 0.6 is 0 Å². The molecule has 5 nitrogen and oxygen atoms in total. The Hall–Kier alpha value is -1.38. The van der Waals surface area contributed by atoms with Crippen LogP contribution in [0.3, 0.4) is 0 Å². The minimum absolute atomic E-state index is 0.0901. The first kappa shape index (κ1) is 16.6. The molecule has 0 aromatic carbocycles. The van der Waals surface area contributed by atoms with E-state index in [4.69, 9.17) is 9.90 Å². The van der Waals surface area contributed by atoms with Crippen LogP contribution in [-0.2, 0) is 9.59 Å². The van der Waals surface area contributed by atoms with E-state index in [1.807, 2.05) is 0 Å². The molecule has 106 valence electrons. The average molecular weight is 274 g/mol. The Kier molecular flexibility index (Phi) is 6.02. The Morgan fingerprint density at radius 2 is 1.83 bits per heavy atom. The Labute approximate surface area is 101 Å². The summed E-state index contributed by atoms with van der Waals surface area (Å²) in [6, 6.07) is -0.269. The van der Waals surface area contributed by atoms with Crippen molar-refractivity contribution in [2.75, 3.05) is 20.6 Å². The lowest BCUT2D eigenvalue weighted by molar-refractivity contribution is -0.192. The van der Waals surface area contributed by atoms with Gasteiger partial charge >= 0.3 is 12.1 Å². The molecule has 9 heteroatoms. The van der Waals surface area contributed by atoms with E-state index in [0.29, 0.717) is 13.0 Å². The minimum atomic E-state index is -5.08. The summed E-state index contributed by atoms with van der Waals surface area (Å²) in [5.41, 5.74) is 0. The molecule has 0 bridgehead atoms. The zero-order valence-corrected chi connectivity index (χ0v) is 9.79. The van der Waals surface area contributed by atoms with Gasteiger partial charge in [0.25, 0.3) is 0 Å². The number of nitrogens with zero attached hydrogens (tertiary/aromatic N) is 1. The second kappa shape index (κ2) is 6.53. The van der Waals surface area contributed by atoms with Crippen molar-refractivity contribution >= 4 is 11.9 Å². The summed E-state index contributed by atoms with van der Waals surface area (Å²) < 4.78 is 44.4. The molecule has 1 aliphatic heterocycles. The number of hydrogen-bond donors (Lipinski definition) is 2. The number of carboxylic acids is 1. The Balaban J connectivity index is 0.000000360. The first-order valence-corrected chi connectivity index (χ1v) is 4.95. The van der Waals surface area contributed by atoms with Crippen molar-refractivity contribution in [1.29, 1.82) is 0 Å². The third kappa shape index (κ3) is 5.30. The van der Waals surface area contributed by atoms with E-state index in [0.717, 1.165) is 0 Å². The van der Waals surface area contributed by atoms with Crippen LogP contribution in [0.5, 0.6) is 0 Å². The molecule has 0 aromatic rings. The number of rotatable bonds is 1. The highest BCUT2D eigenvalue weighted by molar-refractivity contribution is 5.81. The monoisotopic (exact) mass is 274 g/mol. The van der Waals surface area contributed by atoms with Crippen LogP contribution in [0.4, 0.5) is 17.6 Å². The molecule has 0 radical (unpaired) electrons. The molecule has 1 rings (SSSR count). The van der Waals surface area contributed by atoms with Gasteiger partial charge in [-0.25, -0.2) is 9.18 Å². The lowest BCUT2D eigenvalue weighted by Gasteiger charge is -2.16. The van der Waals surface area contributed by atoms with Gasteiger partial charge in [-0.05, 0) is 7.05 Å². The van der Waals surface area contributed by atoms with Crippen LogP contribution in [0.1, 0.15) is 6.42 Å². The number of likely N-dealkylation sites (N-methyl/N-ethyl adjacent to an activating group) is 2. The van der Waals surface area contributed by atoms with Gasteiger partial charge in [0.2, 0.25) is 5.91 Å². The van der Waals surface area contributed by atoms with Crippen LogP contribution in [0.2, 0.25) is 0 Å². The molecule has 1 aliphatic rings. The van der Waals surface area contributed by atoms with Crippen molar-refractivity contribution < 1.29 is 32.3 Å². The van der Waals surface area contributed by atoms with E-state index >= 15 is 0 Å². The van der Waals surface area contributed by atoms with Crippen LogP contribution in [0, 0.1) is 0 Å². The van der Waals surface area contributed by atoms with E-state index in [-0.39, 0.29) is 11.9 Å². The smallest absolute Gasteiger partial charge is 0.475 e. The molecule has 18 heavy (non-hydrogen) atoms. The highest BCUT2D eigenvalue weighted by Crippen LogP contribution is 2.17. The van der Waals surface area contributed by atoms with E-state index in [9.17, 15) is 22.4 Å². The van der Waals surface area contributed by atoms with Crippen molar-refractivity contribution in [3.8, 4) is 0 Å². The minimum Gasteiger partial charge on any atom is -0.475 e. The second-order valence-electron chi connectivity index (χ2n) is 3.71. The van der Waals surface area contributed by atoms with E-state index in [1.165, 1.54) is 0 Å². The predicted octanol–water partition coefficient (Wildman–Crippen LogP) is 0.408. The molecular weight excluding hydrogens is 260 g/mol. The summed E-state index contributed by atoms with van der Waals surface area (Å²) >= 11 is 0. The number of aliphatic carboxylic acids is 1. The largest absolute Gasteiger partial charge is 0.490 e. The number of alkyl halides is 4. The third-order valence-corrected chi connectivity index (χ3v) is 2.29. The van der Waals surface area contributed by atoms with E-state index < -0.39 is 18.3 Å². The average Bonchev–Trinajstić information content (AvgIpc) is 2.56. The molecule has 0 aliphatic carbocycles. The first-order chi connectivity index (χ1) is 8.09. The number of carbonyl (C=O) groups excluding carboxylic acids is 1. The van der Waals surface area contributed by atoms with Gasteiger partial charge in [-0.3, -0.25) is 9.69 Å². The Morgan fingerprint density at radius 3 is 2.06 bits per heavy atom. The Bertz CT molecular complexity index is 309. The molecule has 2 atom stereocenters. The van der Waals surface area contributed by atoms with Gasteiger partial charge in [0.1, 0.15) is 6.17 Å². The lowest BCUT2D eigenvalue weighted by atomic mass is 10.2. The quantitative estimate of drug-likeness (QED) is 0.679. The SMILES string of the molecule is CNC(=O)[C@H]1C[C@H](F)CN1C.O=C(O)C(F)(F)F. The normalized spacial score (nSPS) is 24.1. The summed E-state index contributed by atoms with van der Waals surface area (Å²) in [6.45, 7) is 0.373. The van der Waals surface area contributed by atoms with Crippen molar-refractivity contribution in [2.24, 2.45) is 0 Å². The second-order valence-corrected chi connectivity index (χ2v) is 3.71. The molecule has 1 fully saturated rings. The highest BCUT2D eigenvalue weighted by Gasteiger charge is 2.38. The van der Waals surface area contributed by atoms with Crippen LogP contribution < -0.4 is 5.32 Å². The highest BCUT2D eigenvalue weighted by atomic mass is 19.4. The maximum Gasteiger partial charge on any atom is 0.490 e. The number of carboxylic acid groups (broad SMARTS) is 1. The number of halogens is 4. The third-order valence-electron chi connectivity index (χ3n) is 2.29. The standard InChI is InChI=1S/C7H13FN2O.C2HF3O2/c1-9-7(11)6-3-5(8)4-10(6)2;3-2(4,5)1(6)7/h5-6H,3-4H2,1-2H3,(H,9,11);(H,6,7)/t5-,6+;/m0./s1. The van der Waals surface area contributed by atoms with Crippen molar-refractivity contribution in [3.05, 3.63) is 0 Å². The van der Waals surface area contributed by atoms with Crippen molar-refractivity contribution in [3.63, 3.8) is 0 Å². The fourth-order valence-electron chi connectivity index (χ4n) is 1.41. The zero-order valence-electron chi connectivity index (χ0n) is 9.79. The molecule has 1 amide bonds. The van der Waals surface area contributed by atoms with Gasteiger partial charge in [0.05, 0.1) is 6.04 Å². The van der Waals surface area contributed by atoms with Gasteiger partial charge in [-0.15, -0.1) is 0 Å². The maximum absolute atomic E-state index is 12.7. The van der Waals surface area contributed by atoms with Crippen LogP contribution in [-0.4, -0.2) is 60.9 Å².